The SMILES string of the molecule is CCOc1ccc(Cl)cc1C(CN)Cc1cccc(O)c1. The monoisotopic (exact) mass is 305 g/mol. The van der Waals surface area contributed by atoms with Crippen molar-refractivity contribution in [3.05, 3.63) is 58.6 Å². The Morgan fingerprint density at radius 3 is 2.71 bits per heavy atom. The summed E-state index contributed by atoms with van der Waals surface area (Å²) in [4.78, 5) is 0. The van der Waals surface area contributed by atoms with Gasteiger partial charge < -0.3 is 15.6 Å². The van der Waals surface area contributed by atoms with Gasteiger partial charge in [0.15, 0.2) is 0 Å². The summed E-state index contributed by atoms with van der Waals surface area (Å²) in [6, 6.07) is 12.8. The lowest BCUT2D eigenvalue weighted by Gasteiger charge is -2.19. The van der Waals surface area contributed by atoms with E-state index < -0.39 is 0 Å². The zero-order valence-corrected chi connectivity index (χ0v) is 12.8. The number of aromatic hydroxyl groups is 1. The minimum absolute atomic E-state index is 0.0899. The maximum absolute atomic E-state index is 9.58. The Balaban J connectivity index is 2.30. The molecule has 0 spiro atoms. The van der Waals surface area contributed by atoms with Crippen LogP contribution in [0, 0.1) is 0 Å². The quantitative estimate of drug-likeness (QED) is 0.855. The van der Waals surface area contributed by atoms with Crippen LogP contribution in [0.4, 0.5) is 0 Å². The largest absolute Gasteiger partial charge is 0.508 e. The van der Waals surface area contributed by atoms with E-state index in [0.29, 0.717) is 18.2 Å². The van der Waals surface area contributed by atoms with Crippen molar-refractivity contribution in [1.29, 1.82) is 0 Å². The van der Waals surface area contributed by atoms with Gasteiger partial charge in [0.2, 0.25) is 0 Å². The average Bonchev–Trinajstić information content (AvgIpc) is 2.47. The van der Waals surface area contributed by atoms with Crippen molar-refractivity contribution >= 4 is 11.6 Å². The molecule has 0 bridgehead atoms. The van der Waals surface area contributed by atoms with Crippen LogP contribution >= 0.6 is 11.6 Å². The van der Waals surface area contributed by atoms with Crippen LogP contribution in [0.1, 0.15) is 24.0 Å². The molecule has 3 N–H and O–H groups in total. The molecule has 0 aliphatic rings. The minimum atomic E-state index is 0.0899. The number of halogens is 1. The van der Waals surface area contributed by atoms with Crippen LogP contribution in [0.2, 0.25) is 5.02 Å². The molecule has 0 fully saturated rings. The Morgan fingerprint density at radius 1 is 1.24 bits per heavy atom. The molecule has 3 nitrogen and oxygen atoms in total. The molecule has 0 radical (unpaired) electrons. The van der Waals surface area contributed by atoms with E-state index in [1.165, 1.54) is 0 Å². The van der Waals surface area contributed by atoms with E-state index in [-0.39, 0.29) is 11.7 Å². The highest BCUT2D eigenvalue weighted by atomic mass is 35.5. The molecule has 0 aliphatic heterocycles. The Labute approximate surface area is 130 Å². The van der Waals surface area contributed by atoms with E-state index in [0.717, 1.165) is 23.3 Å². The molecule has 2 aromatic carbocycles. The van der Waals surface area contributed by atoms with E-state index >= 15 is 0 Å². The first kappa shape index (κ1) is 15.7. The van der Waals surface area contributed by atoms with Gasteiger partial charge in [-0.05, 0) is 55.8 Å². The summed E-state index contributed by atoms with van der Waals surface area (Å²) in [7, 11) is 0. The molecule has 1 atom stereocenters. The number of ether oxygens (including phenoxy) is 1. The molecule has 0 aromatic heterocycles. The number of benzene rings is 2. The summed E-state index contributed by atoms with van der Waals surface area (Å²) in [5, 5.41) is 10.2. The summed E-state index contributed by atoms with van der Waals surface area (Å²) >= 11 is 6.11. The van der Waals surface area contributed by atoms with Crippen molar-refractivity contribution in [2.24, 2.45) is 5.73 Å². The number of phenols is 1. The number of phenolic OH excluding ortho intramolecular Hbond substituents is 1. The summed E-state index contributed by atoms with van der Waals surface area (Å²) in [5.41, 5.74) is 7.99. The fourth-order valence-electron chi connectivity index (χ4n) is 2.41. The third-order valence-corrected chi connectivity index (χ3v) is 3.62. The summed E-state index contributed by atoms with van der Waals surface area (Å²) in [5.74, 6) is 1.17. The standard InChI is InChI=1S/C17H20ClNO2/c1-2-21-17-7-6-14(18)10-16(17)13(11-19)8-12-4-3-5-15(20)9-12/h3-7,9-10,13,20H,2,8,11,19H2,1H3. The minimum Gasteiger partial charge on any atom is -0.508 e. The van der Waals surface area contributed by atoms with Crippen molar-refractivity contribution in [1.82, 2.24) is 0 Å². The van der Waals surface area contributed by atoms with E-state index in [9.17, 15) is 5.11 Å². The second kappa shape index (κ2) is 7.34. The first-order chi connectivity index (χ1) is 10.1. The second-order valence-electron chi connectivity index (χ2n) is 4.92. The third kappa shape index (κ3) is 4.13. The molecular weight excluding hydrogens is 286 g/mol. The van der Waals surface area contributed by atoms with Crippen molar-refractivity contribution in [3.8, 4) is 11.5 Å². The number of nitrogens with two attached hydrogens (primary N) is 1. The highest BCUT2D eigenvalue weighted by Gasteiger charge is 2.16. The van der Waals surface area contributed by atoms with Gasteiger partial charge >= 0.3 is 0 Å². The smallest absolute Gasteiger partial charge is 0.122 e. The Bertz CT molecular complexity index is 601. The van der Waals surface area contributed by atoms with Crippen molar-refractivity contribution < 1.29 is 9.84 Å². The van der Waals surface area contributed by atoms with Crippen LogP contribution in [-0.4, -0.2) is 18.3 Å². The van der Waals surface area contributed by atoms with Gasteiger partial charge in [-0.2, -0.15) is 0 Å². The van der Waals surface area contributed by atoms with Crippen LogP contribution in [0.15, 0.2) is 42.5 Å². The Kier molecular flexibility index (Phi) is 5.48. The summed E-state index contributed by atoms with van der Waals surface area (Å²) in [6.45, 7) is 3.03. The highest BCUT2D eigenvalue weighted by Crippen LogP contribution is 2.32. The maximum atomic E-state index is 9.58. The van der Waals surface area contributed by atoms with Crippen LogP contribution in [-0.2, 0) is 6.42 Å². The molecule has 1 unspecified atom stereocenters. The number of rotatable bonds is 6. The lowest BCUT2D eigenvalue weighted by Crippen LogP contribution is -2.16. The van der Waals surface area contributed by atoms with E-state index in [2.05, 4.69) is 0 Å². The first-order valence-corrected chi connectivity index (χ1v) is 7.42. The molecule has 21 heavy (non-hydrogen) atoms. The van der Waals surface area contributed by atoms with Gasteiger partial charge in [-0.1, -0.05) is 23.7 Å². The van der Waals surface area contributed by atoms with Crippen molar-refractivity contribution in [2.75, 3.05) is 13.2 Å². The maximum Gasteiger partial charge on any atom is 0.122 e. The first-order valence-electron chi connectivity index (χ1n) is 7.04. The van der Waals surface area contributed by atoms with Gasteiger partial charge in [0.1, 0.15) is 11.5 Å². The number of hydrogen-bond acceptors (Lipinski definition) is 3. The van der Waals surface area contributed by atoms with Crippen molar-refractivity contribution in [2.45, 2.75) is 19.3 Å². The van der Waals surface area contributed by atoms with Crippen molar-refractivity contribution in [3.63, 3.8) is 0 Å². The fraction of sp³-hybridized carbons (Fsp3) is 0.294. The Hall–Kier alpha value is -1.71. The molecular formula is C17H20ClNO2. The normalized spacial score (nSPS) is 12.1. The fourth-order valence-corrected chi connectivity index (χ4v) is 2.59. The zero-order valence-electron chi connectivity index (χ0n) is 12.1. The molecule has 0 aliphatic carbocycles. The predicted molar refractivity (Wildman–Crippen MR) is 86.2 cm³/mol. The molecule has 112 valence electrons. The molecule has 4 heteroatoms. The molecule has 0 saturated carbocycles. The van der Waals surface area contributed by atoms with Crippen LogP contribution in [0.3, 0.4) is 0 Å². The molecule has 0 saturated heterocycles. The Morgan fingerprint density at radius 2 is 2.05 bits per heavy atom. The topological polar surface area (TPSA) is 55.5 Å². The molecule has 2 aromatic rings. The van der Waals surface area contributed by atoms with Gasteiger partial charge in [-0.3, -0.25) is 0 Å². The van der Waals surface area contributed by atoms with E-state index in [4.69, 9.17) is 22.1 Å². The molecule has 2 rings (SSSR count). The van der Waals surface area contributed by atoms with Gasteiger partial charge in [0, 0.05) is 16.5 Å². The van der Waals surface area contributed by atoms with E-state index in [1.54, 1.807) is 12.1 Å². The second-order valence-corrected chi connectivity index (χ2v) is 5.36. The predicted octanol–water partition coefficient (Wildman–Crippen LogP) is 3.73. The lowest BCUT2D eigenvalue weighted by molar-refractivity contribution is 0.334. The van der Waals surface area contributed by atoms with Crippen LogP contribution in [0.25, 0.3) is 0 Å². The summed E-state index contributed by atoms with van der Waals surface area (Å²) in [6.07, 6.45) is 0.727. The van der Waals surface area contributed by atoms with Crippen LogP contribution < -0.4 is 10.5 Å². The third-order valence-electron chi connectivity index (χ3n) is 3.39. The highest BCUT2D eigenvalue weighted by molar-refractivity contribution is 6.30. The van der Waals surface area contributed by atoms with E-state index in [1.807, 2.05) is 37.3 Å². The molecule has 0 amide bonds. The lowest BCUT2D eigenvalue weighted by atomic mass is 9.91. The van der Waals surface area contributed by atoms with Crippen LogP contribution in [0.5, 0.6) is 11.5 Å². The molecule has 0 heterocycles. The zero-order chi connectivity index (χ0) is 15.2. The van der Waals surface area contributed by atoms with Gasteiger partial charge in [0.05, 0.1) is 6.61 Å². The summed E-state index contributed by atoms with van der Waals surface area (Å²) < 4.78 is 5.67. The average molecular weight is 306 g/mol. The number of hydrogen-bond donors (Lipinski definition) is 2. The van der Waals surface area contributed by atoms with Gasteiger partial charge in [0.25, 0.3) is 0 Å². The van der Waals surface area contributed by atoms with Gasteiger partial charge in [-0.15, -0.1) is 0 Å². The van der Waals surface area contributed by atoms with Gasteiger partial charge in [-0.25, -0.2) is 0 Å².